The van der Waals surface area contributed by atoms with Gasteiger partial charge in [0, 0.05) is 30.9 Å². The van der Waals surface area contributed by atoms with E-state index in [1.807, 2.05) is 19.9 Å². The minimum atomic E-state index is 0.125. The summed E-state index contributed by atoms with van der Waals surface area (Å²) in [4.78, 5) is 11.4. The Labute approximate surface area is 127 Å². The molecule has 0 aromatic carbocycles. The highest BCUT2D eigenvalue weighted by Crippen LogP contribution is 2.26. The third kappa shape index (κ3) is 4.56. The number of nitrogens with two attached hydrogens (primary N) is 1. The van der Waals surface area contributed by atoms with E-state index in [1.165, 1.54) is 0 Å². The molecule has 21 heavy (non-hydrogen) atoms. The van der Waals surface area contributed by atoms with Crippen molar-refractivity contribution < 1.29 is 4.74 Å². The molecular formula is C16H28N4O. The van der Waals surface area contributed by atoms with E-state index in [9.17, 15) is 0 Å². The van der Waals surface area contributed by atoms with Crippen molar-refractivity contribution in [3.8, 4) is 5.88 Å². The maximum absolute atomic E-state index is 6.02. The standard InChI is InChI=1S/C16H28N4O/c1-4-11-20(14-7-5-13(17)6-8-14)16-18-10-9-15(19-16)21-12(2)3/h9-10,12-14H,4-8,11,17H2,1-3H3. The van der Waals surface area contributed by atoms with Gasteiger partial charge in [0.2, 0.25) is 11.8 Å². The van der Waals surface area contributed by atoms with Crippen LogP contribution in [0.3, 0.4) is 0 Å². The first kappa shape index (κ1) is 16.0. The van der Waals surface area contributed by atoms with E-state index >= 15 is 0 Å². The Morgan fingerprint density at radius 2 is 2.05 bits per heavy atom. The first-order valence-corrected chi connectivity index (χ1v) is 8.12. The SMILES string of the molecule is CCCN(c1nccc(OC(C)C)n1)C1CCC(N)CC1. The van der Waals surface area contributed by atoms with Crippen LogP contribution in [0.1, 0.15) is 52.9 Å². The molecule has 2 rings (SSSR count). The number of rotatable bonds is 6. The fraction of sp³-hybridized carbons (Fsp3) is 0.750. The van der Waals surface area contributed by atoms with Crippen LogP contribution in [-0.2, 0) is 0 Å². The van der Waals surface area contributed by atoms with Crippen molar-refractivity contribution in [1.29, 1.82) is 0 Å². The fourth-order valence-electron chi connectivity index (χ4n) is 2.88. The van der Waals surface area contributed by atoms with Crippen LogP contribution in [0.4, 0.5) is 5.95 Å². The van der Waals surface area contributed by atoms with Crippen LogP contribution in [-0.4, -0.2) is 34.7 Å². The normalized spacial score (nSPS) is 22.3. The molecule has 1 aromatic rings. The van der Waals surface area contributed by atoms with E-state index in [1.54, 1.807) is 6.20 Å². The quantitative estimate of drug-likeness (QED) is 0.873. The van der Waals surface area contributed by atoms with Crippen LogP contribution in [0.5, 0.6) is 5.88 Å². The molecule has 0 radical (unpaired) electrons. The molecule has 5 nitrogen and oxygen atoms in total. The van der Waals surface area contributed by atoms with E-state index in [4.69, 9.17) is 10.5 Å². The second-order valence-electron chi connectivity index (χ2n) is 6.12. The molecule has 0 atom stereocenters. The van der Waals surface area contributed by atoms with Crippen molar-refractivity contribution >= 4 is 5.95 Å². The minimum Gasteiger partial charge on any atom is -0.475 e. The summed E-state index contributed by atoms with van der Waals surface area (Å²) in [7, 11) is 0. The summed E-state index contributed by atoms with van der Waals surface area (Å²) in [6.45, 7) is 7.18. The van der Waals surface area contributed by atoms with Crippen molar-refractivity contribution in [3.05, 3.63) is 12.3 Å². The molecular weight excluding hydrogens is 264 g/mol. The maximum atomic E-state index is 6.02. The van der Waals surface area contributed by atoms with E-state index in [-0.39, 0.29) is 6.10 Å². The zero-order valence-electron chi connectivity index (χ0n) is 13.5. The molecule has 0 spiro atoms. The van der Waals surface area contributed by atoms with Crippen molar-refractivity contribution in [1.82, 2.24) is 9.97 Å². The van der Waals surface area contributed by atoms with Crippen molar-refractivity contribution in [2.45, 2.75) is 71.1 Å². The predicted octanol–water partition coefficient (Wildman–Crippen LogP) is 2.75. The van der Waals surface area contributed by atoms with Crippen LogP contribution in [0.15, 0.2) is 12.3 Å². The number of ether oxygens (including phenoxy) is 1. The summed E-state index contributed by atoms with van der Waals surface area (Å²) in [5.41, 5.74) is 6.02. The van der Waals surface area contributed by atoms with Gasteiger partial charge in [0.05, 0.1) is 6.10 Å². The van der Waals surface area contributed by atoms with Gasteiger partial charge in [0.25, 0.3) is 0 Å². The summed E-state index contributed by atoms with van der Waals surface area (Å²) < 4.78 is 5.69. The Morgan fingerprint density at radius 3 is 2.67 bits per heavy atom. The Kier molecular flexibility index (Phi) is 5.79. The molecule has 0 unspecified atom stereocenters. The Balaban J connectivity index is 2.13. The monoisotopic (exact) mass is 292 g/mol. The summed E-state index contributed by atoms with van der Waals surface area (Å²) in [5.74, 6) is 1.44. The summed E-state index contributed by atoms with van der Waals surface area (Å²) >= 11 is 0. The lowest BCUT2D eigenvalue weighted by molar-refractivity contribution is 0.232. The first-order valence-electron chi connectivity index (χ1n) is 8.12. The third-order valence-corrected chi connectivity index (χ3v) is 3.88. The highest BCUT2D eigenvalue weighted by molar-refractivity contribution is 5.34. The van der Waals surface area contributed by atoms with Gasteiger partial charge in [-0.2, -0.15) is 4.98 Å². The topological polar surface area (TPSA) is 64.3 Å². The van der Waals surface area contributed by atoms with E-state index in [2.05, 4.69) is 21.8 Å². The lowest BCUT2D eigenvalue weighted by atomic mass is 9.91. The molecule has 5 heteroatoms. The zero-order valence-corrected chi connectivity index (χ0v) is 13.5. The second kappa shape index (κ2) is 7.59. The van der Waals surface area contributed by atoms with Crippen LogP contribution >= 0.6 is 0 Å². The van der Waals surface area contributed by atoms with Gasteiger partial charge in [0.1, 0.15) is 0 Å². The first-order chi connectivity index (χ1) is 10.1. The molecule has 0 bridgehead atoms. The smallest absolute Gasteiger partial charge is 0.228 e. The van der Waals surface area contributed by atoms with Gasteiger partial charge in [-0.1, -0.05) is 6.92 Å². The number of aromatic nitrogens is 2. The average Bonchev–Trinajstić information content (AvgIpc) is 2.45. The second-order valence-corrected chi connectivity index (χ2v) is 6.12. The molecule has 0 amide bonds. The number of hydrogen-bond donors (Lipinski definition) is 1. The predicted molar refractivity (Wildman–Crippen MR) is 85.7 cm³/mol. The zero-order chi connectivity index (χ0) is 15.2. The summed E-state index contributed by atoms with van der Waals surface area (Å²) in [6, 6.07) is 2.69. The fourth-order valence-corrected chi connectivity index (χ4v) is 2.88. The van der Waals surface area contributed by atoms with Crippen molar-refractivity contribution in [2.75, 3.05) is 11.4 Å². The van der Waals surface area contributed by atoms with Gasteiger partial charge in [-0.05, 0) is 46.0 Å². The van der Waals surface area contributed by atoms with Crippen LogP contribution in [0.2, 0.25) is 0 Å². The van der Waals surface area contributed by atoms with Crippen LogP contribution in [0, 0.1) is 0 Å². The lowest BCUT2D eigenvalue weighted by Crippen LogP contribution is -2.42. The van der Waals surface area contributed by atoms with Gasteiger partial charge in [0.15, 0.2) is 0 Å². The molecule has 1 aromatic heterocycles. The van der Waals surface area contributed by atoms with Gasteiger partial charge in [-0.25, -0.2) is 4.98 Å². The Hall–Kier alpha value is -1.36. The minimum absolute atomic E-state index is 0.125. The largest absolute Gasteiger partial charge is 0.475 e. The molecule has 2 N–H and O–H groups in total. The molecule has 1 fully saturated rings. The third-order valence-electron chi connectivity index (χ3n) is 3.88. The Morgan fingerprint density at radius 1 is 1.33 bits per heavy atom. The maximum Gasteiger partial charge on any atom is 0.228 e. The number of anilines is 1. The molecule has 0 aliphatic heterocycles. The number of hydrogen-bond acceptors (Lipinski definition) is 5. The van der Waals surface area contributed by atoms with Crippen molar-refractivity contribution in [3.63, 3.8) is 0 Å². The van der Waals surface area contributed by atoms with Crippen LogP contribution < -0.4 is 15.4 Å². The van der Waals surface area contributed by atoms with Gasteiger partial charge in [-0.15, -0.1) is 0 Å². The van der Waals surface area contributed by atoms with E-state index in [0.717, 1.165) is 44.6 Å². The van der Waals surface area contributed by atoms with E-state index in [0.29, 0.717) is 18.0 Å². The van der Waals surface area contributed by atoms with Crippen molar-refractivity contribution in [2.24, 2.45) is 5.73 Å². The summed E-state index contributed by atoms with van der Waals surface area (Å²) in [6.07, 6.45) is 7.43. The average molecular weight is 292 g/mol. The van der Waals surface area contributed by atoms with Gasteiger partial charge >= 0.3 is 0 Å². The van der Waals surface area contributed by atoms with Crippen LogP contribution in [0.25, 0.3) is 0 Å². The Bertz CT molecular complexity index is 430. The molecule has 1 heterocycles. The van der Waals surface area contributed by atoms with E-state index < -0.39 is 0 Å². The summed E-state index contributed by atoms with van der Waals surface area (Å²) in [5, 5.41) is 0. The molecule has 0 saturated heterocycles. The molecule has 1 aliphatic rings. The lowest BCUT2D eigenvalue weighted by Gasteiger charge is -2.36. The number of nitrogens with zero attached hydrogens (tertiary/aromatic N) is 3. The highest BCUT2D eigenvalue weighted by Gasteiger charge is 2.25. The molecule has 118 valence electrons. The molecule has 1 aliphatic carbocycles. The molecule has 1 saturated carbocycles. The highest BCUT2D eigenvalue weighted by atomic mass is 16.5. The van der Waals surface area contributed by atoms with Gasteiger partial charge in [-0.3, -0.25) is 0 Å². The van der Waals surface area contributed by atoms with Gasteiger partial charge < -0.3 is 15.4 Å².